The maximum atomic E-state index is 12.9. The lowest BCUT2D eigenvalue weighted by molar-refractivity contribution is -0.596. The normalized spacial score (nSPS) is 19.0. The van der Waals surface area contributed by atoms with Crippen molar-refractivity contribution in [3.8, 4) is 5.75 Å². The van der Waals surface area contributed by atoms with Gasteiger partial charge in [-0.15, -0.1) is 10.1 Å². The topological polar surface area (TPSA) is 70.4 Å². The van der Waals surface area contributed by atoms with Gasteiger partial charge in [0.25, 0.3) is 5.91 Å². The second kappa shape index (κ2) is 9.24. The lowest BCUT2D eigenvalue weighted by Gasteiger charge is -2.15. The highest BCUT2D eigenvalue weighted by Crippen LogP contribution is 2.26. The van der Waals surface area contributed by atoms with Crippen molar-refractivity contribution in [3.63, 3.8) is 0 Å². The van der Waals surface area contributed by atoms with Crippen molar-refractivity contribution in [2.45, 2.75) is 19.0 Å². The monoisotopic (exact) mass is 448 g/mol. The van der Waals surface area contributed by atoms with Crippen LogP contribution >= 0.6 is 11.6 Å². The number of benzene rings is 3. The Balaban J connectivity index is 1.68. The predicted molar refractivity (Wildman–Crippen MR) is 123 cm³/mol. The van der Waals surface area contributed by atoms with E-state index in [2.05, 4.69) is 10.7 Å². The molecule has 2 amide bonds. The van der Waals surface area contributed by atoms with Gasteiger partial charge in [0.15, 0.2) is 6.04 Å². The highest BCUT2D eigenvalue weighted by atomic mass is 35.5. The fraction of sp³-hybridized carbons (Fsp3) is 0.160. The summed E-state index contributed by atoms with van der Waals surface area (Å²) in [6.07, 6.45) is 1.84. The molecule has 0 saturated carbocycles. The molecule has 2 atom stereocenters. The Morgan fingerprint density at radius 1 is 1.03 bits per heavy atom. The molecule has 4 rings (SSSR count). The lowest BCUT2D eigenvalue weighted by atomic mass is 9.98. The molecule has 1 heterocycles. The first-order valence-electron chi connectivity index (χ1n) is 10.2. The van der Waals surface area contributed by atoms with E-state index in [4.69, 9.17) is 16.3 Å². The van der Waals surface area contributed by atoms with Crippen LogP contribution in [0.3, 0.4) is 0 Å². The van der Waals surface area contributed by atoms with Gasteiger partial charge in [-0.3, -0.25) is 9.59 Å². The summed E-state index contributed by atoms with van der Waals surface area (Å²) >= 11 is 5.93. The summed E-state index contributed by atoms with van der Waals surface area (Å²) in [5, 5.41) is 3.43. The van der Waals surface area contributed by atoms with Crippen LogP contribution in [0.25, 0.3) is 0 Å². The third-order valence-electron chi connectivity index (χ3n) is 5.35. The SMILES string of the molecule is COc1ccc(/C=[N+]2\NC(=O)[C@@H](NC(=O)c3ccc(Cl)cc3)[C@@H]2c2ccc(C)cc2)cc1. The lowest BCUT2D eigenvalue weighted by Crippen LogP contribution is -2.42. The molecule has 0 radical (unpaired) electrons. The first kappa shape index (κ1) is 21.6. The highest BCUT2D eigenvalue weighted by molar-refractivity contribution is 6.30. The third kappa shape index (κ3) is 4.65. The largest absolute Gasteiger partial charge is 0.497 e. The van der Waals surface area contributed by atoms with Crippen LogP contribution in [0.4, 0.5) is 0 Å². The fourth-order valence-corrected chi connectivity index (χ4v) is 3.75. The summed E-state index contributed by atoms with van der Waals surface area (Å²) in [6, 6.07) is 20.8. The summed E-state index contributed by atoms with van der Waals surface area (Å²) in [7, 11) is 1.61. The average Bonchev–Trinajstić information content (AvgIpc) is 3.09. The quantitative estimate of drug-likeness (QED) is 0.585. The van der Waals surface area contributed by atoms with Crippen LogP contribution in [-0.2, 0) is 4.79 Å². The van der Waals surface area contributed by atoms with E-state index in [9.17, 15) is 9.59 Å². The van der Waals surface area contributed by atoms with Crippen molar-refractivity contribution in [2.24, 2.45) is 0 Å². The molecule has 1 aliphatic rings. The number of halogens is 1. The molecule has 3 aromatic rings. The smallest absolute Gasteiger partial charge is 0.304 e. The molecule has 1 aliphatic heterocycles. The summed E-state index contributed by atoms with van der Waals surface area (Å²) in [5.74, 6) is 0.115. The Kier molecular flexibility index (Phi) is 6.23. The molecule has 0 unspecified atom stereocenters. The van der Waals surface area contributed by atoms with Gasteiger partial charge in [-0.25, -0.2) is 0 Å². The minimum Gasteiger partial charge on any atom is -0.497 e. The van der Waals surface area contributed by atoms with Crippen LogP contribution in [0.2, 0.25) is 5.02 Å². The van der Waals surface area contributed by atoms with E-state index < -0.39 is 12.1 Å². The second-order valence-corrected chi connectivity index (χ2v) is 8.04. The van der Waals surface area contributed by atoms with Gasteiger partial charge in [0.2, 0.25) is 12.3 Å². The molecule has 162 valence electrons. The molecule has 0 spiro atoms. The van der Waals surface area contributed by atoms with E-state index in [-0.39, 0.29) is 11.8 Å². The van der Waals surface area contributed by atoms with Crippen LogP contribution in [0.1, 0.15) is 33.1 Å². The molecule has 7 heteroatoms. The van der Waals surface area contributed by atoms with E-state index in [1.807, 2.05) is 61.7 Å². The van der Waals surface area contributed by atoms with Gasteiger partial charge in [0, 0.05) is 21.7 Å². The molecule has 32 heavy (non-hydrogen) atoms. The Hall–Kier alpha value is -3.64. The van der Waals surface area contributed by atoms with Gasteiger partial charge in [0.05, 0.1) is 7.11 Å². The number of methoxy groups -OCH3 is 1. The van der Waals surface area contributed by atoms with Crippen molar-refractivity contribution < 1.29 is 19.0 Å². The Labute approximate surface area is 191 Å². The number of nitrogens with one attached hydrogen (secondary N) is 2. The molecule has 0 bridgehead atoms. The number of hydrazine groups is 1. The maximum Gasteiger partial charge on any atom is 0.304 e. The number of hydrogen-bond acceptors (Lipinski definition) is 3. The van der Waals surface area contributed by atoms with Crippen LogP contribution in [0, 0.1) is 6.92 Å². The molecule has 6 nitrogen and oxygen atoms in total. The van der Waals surface area contributed by atoms with Gasteiger partial charge in [-0.05, 0) is 55.5 Å². The standard InChI is InChI=1S/C25H22ClN3O3/c1-16-3-7-18(8-4-16)23-22(27-24(30)19-9-11-20(26)12-10-19)25(31)28-29(23)15-17-5-13-21(32-2)14-6-17/h3-15,22-23H,1-2H3,(H-,27,28,30,31)/p+1/b29-15-/t22-,23-/m0/s1. The van der Waals surface area contributed by atoms with Crippen LogP contribution in [0.15, 0.2) is 72.8 Å². The van der Waals surface area contributed by atoms with E-state index in [0.29, 0.717) is 10.6 Å². The molecule has 3 aromatic carbocycles. The first-order chi connectivity index (χ1) is 15.4. The first-order valence-corrected chi connectivity index (χ1v) is 10.5. The van der Waals surface area contributed by atoms with E-state index in [1.165, 1.54) is 0 Å². The average molecular weight is 449 g/mol. The van der Waals surface area contributed by atoms with Crippen molar-refractivity contribution in [2.75, 3.05) is 7.11 Å². The van der Waals surface area contributed by atoms with Crippen LogP contribution < -0.4 is 15.5 Å². The van der Waals surface area contributed by atoms with Crippen molar-refractivity contribution in [1.82, 2.24) is 10.7 Å². The Bertz CT molecular complexity index is 1160. The number of aryl methyl sites for hydroxylation is 1. The Morgan fingerprint density at radius 3 is 2.31 bits per heavy atom. The zero-order valence-corrected chi connectivity index (χ0v) is 18.5. The van der Waals surface area contributed by atoms with Gasteiger partial charge in [-0.1, -0.05) is 41.4 Å². The van der Waals surface area contributed by atoms with Gasteiger partial charge < -0.3 is 10.1 Å². The zero-order valence-electron chi connectivity index (χ0n) is 17.7. The molecule has 1 saturated heterocycles. The van der Waals surface area contributed by atoms with E-state index in [0.717, 1.165) is 22.4 Å². The summed E-state index contributed by atoms with van der Waals surface area (Å²) in [5.41, 5.74) is 6.21. The summed E-state index contributed by atoms with van der Waals surface area (Å²) < 4.78 is 6.95. The minimum atomic E-state index is -0.782. The summed E-state index contributed by atoms with van der Waals surface area (Å²) in [4.78, 5) is 25.8. The number of hydrazone groups is 1. The maximum absolute atomic E-state index is 12.9. The summed E-state index contributed by atoms with van der Waals surface area (Å²) in [6.45, 7) is 2.00. The second-order valence-electron chi connectivity index (χ2n) is 7.60. The van der Waals surface area contributed by atoms with Gasteiger partial charge in [-0.2, -0.15) is 0 Å². The molecule has 2 N–H and O–H groups in total. The highest BCUT2D eigenvalue weighted by Gasteiger charge is 2.47. The number of amides is 2. The molecular formula is C25H23ClN3O3+. The zero-order chi connectivity index (χ0) is 22.7. The third-order valence-corrected chi connectivity index (χ3v) is 5.61. The minimum absolute atomic E-state index is 0.289. The fourth-order valence-electron chi connectivity index (χ4n) is 3.62. The van der Waals surface area contributed by atoms with Crippen molar-refractivity contribution in [1.29, 1.82) is 0 Å². The number of hydrogen-bond donors (Lipinski definition) is 2. The van der Waals surface area contributed by atoms with E-state index >= 15 is 0 Å². The number of carbonyl (C=O) groups is 2. The number of carbonyl (C=O) groups excluding carboxylic acids is 2. The molecule has 0 aromatic heterocycles. The molecule has 1 fully saturated rings. The van der Waals surface area contributed by atoms with Gasteiger partial charge >= 0.3 is 5.91 Å². The molecular weight excluding hydrogens is 426 g/mol. The number of rotatable bonds is 5. The predicted octanol–water partition coefficient (Wildman–Crippen LogP) is 3.67. The number of nitrogens with zero attached hydrogens (tertiary/aromatic N) is 1. The van der Waals surface area contributed by atoms with E-state index in [1.54, 1.807) is 36.1 Å². The van der Waals surface area contributed by atoms with Crippen molar-refractivity contribution >= 4 is 29.6 Å². The van der Waals surface area contributed by atoms with Crippen LogP contribution in [0.5, 0.6) is 5.75 Å². The molecule has 0 aliphatic carbocycles. The number of ether oxygens (including phenoxy) is 1. The Morgan fingerprint density at radius 2 is 1.69 bits per heavy atom. The van der Waals surface area contributed by atoms with Crippen molar-refractivity contribution in [3.05, 3.63) is 100 Å². The van der Waals surface area contributed by atoms with Gasteiger partial charge in [0.1, 0.15) is 5.75 Å². The van der Waals surface area contributed by atoms with Crippen LogP contribution in [-0.4, -0.2) is 35.9 Å².